The molecule has 68 valence electrons. The van der Waals surface area contributed by atoms with Crippen molar-refractivity contribution in [2.45, 2.75) is 6.92 Å². The molecule has 0 unspecified atom stereocenters. The van der Waals surface area contributed by atoms with Crippen LogP contribution in [-0.2, 0) is 0 Å². The summed E-state index contributed by atoms with van der Waals surface area (Å²) < 4.78 is 5.06. The molecule has 1 aromatic rings. The van der Waals surface area contributed by atoms with Gasteiger partial charge in [-0.25, -0.2) is 0 Å². The van der Waals surface area contributed by atoms with Crippen LogP contribution in [0.2, 0.25) is 0 Å². The molecule has 1 aromatic carbocycles. The van der Waals surface area contributed by atoms with Gasteiger partial charge in [0.2, 0.25) is 0 Å². The average Bonchev–Trinajstić information content (AvgIpc) is 2.04. The molecule has 0 aromatic heterocycles. The number of nitrogens with zero attached hydrogens (tertiary/aromatic N) is 1. The minimum absolute atomic E-state index is 0.0365. The van der Waals surface area contributed by atoms with Crippen molar-refractivity contribution >= 4 is 23.0 Å². The van der Waals surface area contributed by atoms with Crippen LogP contribution in [0.4, 0.5) is 5.69 Å². The molecule has 0 saturated heterocycles. The maximum atomic E-state index is 10.3. The van der Waals surface area contributed by atoms with Crippen molar-refractivity contribution in [3.63, 3.8) is 0 Å². The first-order chi connectivity index (χ1) is 6.09. The van der Waals surface area contributed by atoms with Crippen LogP contribution in [0.25, 0.3) is 0 Å². The van der Waals surface area contributed by atoms with Gasteiger partial charge in [0.15, 0.2) is 5.05 Å². The van der Waals surface area contributed by atoms with Crippen molar-refractivity contribution in [1.29, 1.82) is 0 Å². The predicted molar refractivity (Wildman–Crippen MR) is 52.0 cm³/mol. The number of rotatable bonds is 2. The zero-order valence-corrected chi connectivity index (χ0v) is 7.71. The van der Waals surface area contributed by atoms with Crippen molar-refractivity contribution in [1.82, 2.24) is 0 Å². The van der Waals surface area contributed by atoms with Gasteiger partial charge in [-0.1, -0.05) is 0 Å². The van der Waals surface area contributed by atoms with E-state index in [9.17, 15) is 10.1 Å². The fourth-order valence-electron chi connectivity index (χ4n) is 0.802. The third-order valence-electron chi connectivity index (χ3n) is 1.31. The van der Waals surface area contributed by atoms with E-state index in [2.05, 4.69) is 0 Å². The molecule has 0 aliphatic carbocycles. The number of thiocarbonyl (C=S) groups is 1. The summed E-state index contributed by atoms with van der Waals surface area (Å²) in [6.45, 7) is 1.64. The lowest BCUT2D eigenvalue weighted by molar-refractivity contribution is -0.384. The van der Waals surface area contributed by atoms with Gasteiger partial charge in [0.05, 0.1) is 4.92 Å². The number of hydrogen-bond acceptors (Lipinski definition) is 4. The van der Waals surface area contributed by atoms with E-state index in [-0.39, 0.29) is 5.69 Å². The summed E-state index contributed by atoms with van der Waals surface area (Å²) in [6, 6.07) is 5.75. The highest BCUT2D eigenvalue weighted by molar-refractivity contribution is 7.80. The molecule has 0 saturated carbocycles. The third kappa shape index (κ3) is 2.79. The topological polar surface area (TPSA) is 52.4 Å². The van der Waals surface area contributed by atoms with Gasteiger partial charge >= 0.3 is 0 Å². The highest BCUT2D eigenvalue weighted by atomic mass is 32.1. The van der Waals surface area contributed by atoms with Gasteiger partial charge in [-0.3, -0.25) is 10.1 Å². The molecule has 0 N–H and O–H groups in total. The quantitative estimate of drug-likeness (QED) is 0.414. The van der Waals surface area contributed by atoms with E-state index in [1.54, 1.807) is 6.92 Å². The lowest BCUT2D eigenvalue weighted by atomic mass is 10.3. The maximum Gasteiger partial charge on any atom is 0.269 e. The first-order valence-electron chi connectivity index (χ1n) is 3.52. The number of ether oxygens (including phenoxy) is 1. The lowest BCUT2D eigenvalue weighted by Crippen LogP contribution is -1.98. The molecule has 0 bridgehead atoms. The molecule has 0 aliphatic heterocycles. The monoisotopic (exact) mass is 197 g/mol. The third-order valence-corrected chi connectivity index (χ3v) is 1.39. The van der Waals surface area contributed by atoms with E-state index in [0.717, 1.165) is 0 Å². The molecule has 0 heterocycles. The molecule has 13 heavy (non-hydrogen) atoms. The van der Waals surface area contributed by atoms with E-state index in [4.69, 9.17) is 17.0 Å². The normalized spacial score (nSPS) is 9.31. The van der Waals surface area contributed by atoms with Crippen molar-refractivity contribution < 1.29 is 9.66 Å². The summed E-state index contributed by atoms with van der Waals surface area (Å²) in [5.41, 5.74) is 0.0365. The van der Waals surface area contributed by atoms with Gasteiger partial charge < -0.3 is 4.74 Å². The zero-order chi connectivity index (χ0) is 9.84. The van der Waals surface area contributed by atoms with E-state index in [0.29, 0.717) is 10.8 Å². The van der Waals surface area contributed by atoms with Crippen LogP contribution in [0.15, 0.2) is 24.3 Å². The summed E-state index contributed by atoms with van der Waals surface area (Å²) in [7, 11) is 0. The van der Waals surface area contributed by atoms with Crippen LogP contribution in [0.3, 0.4) is 0 Å². The summed E-state index contributed by atoms with van der Waals surface area (Å²) in [5, 5.41) is 10.7. The summed E-state index contributed by atoms with van der Waals surface area (Å²) >= 11 is 4.71. The number of nitro groups is 1. The van der Waals surface area contributed by atoms with Gasteiger partial charge in [-0.15, -0.1) is 0 Å². The molecule has 0 radical (unpaired) electrons. The van der Waals surface area contributed by atoms with Crippen molar-refractivity contribution in [2.24, 2.45) is 0 Å². The zero-order valence-electron chi connectivity index (χ0n) is 6.89. The fourth-order valence-corrected chi connectivity index (χ4v) is 0.898. The Morgan fingerprint density at radius 1 is 1.46 bits per heavy atom. The van der Waals surface area contributed by atoms with E-state index < -0.39 is 4.92 Å². The standard InChI is InChI=1S/C8H7NO3S/c1-6(13)12-8-4-2-7(3-5-8)9(10)11/h2-5H,1H3. The highest BCUT2D eigenvalue weighted by Crippen LogP contribution is 2.17. The number of non-ortho nitro benzene ring substituents is 1. The molecule has 5 heteroatoms. The van der Waals surface area contributed by atoms with Gasteiger partial charge in [0.25, 0.3) is 5.69 Å². The lowest BCUT2D eigenvalue weighted by Gasteiger charge is -2.00. The van der Waals surface area contributed by atoms with Crippen molar-refractivity contribution in [3.8, 4) is 5.75 Å². The Hall–Kier alpha value is -1.49. The average molecular weight is 197 g/mol. The Morgan fingerprint density at radius 3 is 2.38 bits per heavy atom. The van der Waals surface area contributed by atoms with Crippen LogP contribution < -0.4 is 4.74 Å². The second-order valence-corrected chi connectivity index (χ2v) is 2.92. The SMILES string of the molecule is CC(=S)Oc1ccc([N+](=O)[O-])cc1. The summed E-state index contributed by atoms with van der Waals surface area (Å²) in [5.74, 6) is 0.512. The van der Waals surface area contributed by atoms with Crippen LogP contribution >= 0.6 is 12.2 Å². The molecular weight excluding hydrogens is 190 g/mol. The first kappa shape index (κ1) is 9.60. The molecule has 0 aliphatic rings. The maximum absolute atomic E-state index is 10.3. The van der Waals surface area contributed by atoms with Crippen LogP contribution in [0, 0.1) is 10.1 Å². The predicted octanol–water partition coefficient (Wildman–Crippen LogP) is 2.32. The van der Waals surface area contributed by atoms with Gasteiger partial charge in [0, 0.05) is 19.1 Å². The van der Waals surface area contributed by atoms with E-state index in [1.165, 1.54) is 24.3 Å². The highest BCUT2D eigenvalue weighted by Gasteiger charge is 2.04. The largest absolute Gasteiger partial charge is 0.451 e. The fraction of sp³-hybridized carbons (Fsp3) is 0.125. The Morgan fingerprint density at radius 2 is 2.00 bits per heavy atom. The summed E-state index contributed by atoms with van der Waals surface area (Å²) in [6.07, 6.45) is 0. The Bertz CT molecular complexity index is 334. The molecule has 0 atom stereocenters. The Labute approximate surface area is 80.3 Å². The second kappa shape index (κ2) is 3.95. The van der Waals surface area contributed by atoms with Crippen molar-refractivity contribution in [2.75, 3.05) is 0 Å². The molecular formula is C8H7NO3S. The van der Waals surface area contributed by atoms with Crippen LogP contribution in [0.1, 0.15) is 6.92 Å². The van der Waals surface area contributed by atoms with E-state index in [1.807, 2.05) is 0 Å². The van der Waals surface area contributed by atoms with E-state index >= 15 is 0 Å². The molecule has 1 rings (SSSR count). The van der Waals surface area contributed by atoms with Crippen LogP contribution in [0.5, 0.6) is 5.75 Å². The van der Waals surface area contributed by atoms with Gasteiger partial charge in [-0.2, -0.15) is 0 Å². The molecule has 0 amide bonds. The van der Waals surface area contributed by atoms with Crippen LogP contribution in [-0.4, -0.2) is 9.97 Å². The van der Waals surface area contributed by atoms with Crippen molar-refractivity contribution in [3.05, 3.63) is 34.4 Å². The Balaban J connectivity index is 2.81. The van der Waals surface area contributed by atoms with Gasteiger partial charge in [0.1, 0.15) is 5.75 Å². The second-order valence-electron chi connectivity index (χ2n) is 2.34. The minimum Gasteiger partial charge on any atom is -0.451 e. The molecule has 0 fully saturated rings. The number of nitro benzene ring substituents is 1. The molecule has 4 nitrogen and oxygen atoms in total. The Kier molecular flexibility index (Phi) is 2.92. The first-order valence-corrected chi connectivity index (χ1v) is 3.93. The number of hydrogen-bond donors (Lipinski definition) is 0. The number of benzene rings is 1. The van der Waals surface area contributed by atoms with Gasteiger partial charge in [-0.05, 0) is 24.4 Å². The minimum atomic E-state index is -0.464. The smallest absolute Gasteiger partial charge is 0.269 e. The summed E-state index contributed by atoms with van der Waals surface area (Å²) in [4.78, 5) is 9.81. The molecule has 0 spiro atoms.